The van der Waals surface area contributed by atoms with E-state index in [1.165, 1.54) is 0 Å². The quantitative estimate of drug-likeness (QED) is 0.646. The maximum Gasteiger partial charge on any atom is 0.123 e. The van der Waals surface area contributed by atoms with Gasteiger partial charge in [0.25, 0.3) is 0 Å². The van der Waals surface area contributed by atoms with Crippen molar-refractivity contribution in [3.05, 3.63) is 57.0 Å². The zero-order valence-electron chi connectivity index (χ0n) is 13.7. The minimum atomic E-state index is -0.572. The van der Waals surface area contributed by atoms with E-state index in [0.717, 1.165) is 26.0 Å². The van der Waals surface area contributed by atoms with Gasteiger partial charge in [-0.05, 0) is 49.5 Å². The summed E-state index contributed by atoms with van der Waals surface area (Å²) in [5.74, 6) is 1.58. The first-order valence-corrected chi connectivity index (χ1v) is 9.14. The van der Waals surface area contributed by atoms with Crippen LogP contribution in [0.4, 0.5) is 0 Å². The first kappa shape index (κ1) is 19.2. The molecule has 0 saturated carbocycles. The predicted octanol–water partition coefficient (Wildman–Crippen LogP) is 4.09. The normalized spacial score (nSPS) is 12.2. The van der Waals surface area contributed by atoms with Crippen LogP contribution in [0.5, 0.6) is 11.5 Å². The van der Waals surface area contributed by atoms with Crippen molar-refractivity contribution in [3.63, 3.8) is 0 Å². The number of methoxy groups -OCH3 is 1. The molecule has 0 amide bonds. The van der Waals surface area contributed by atoms with Crippen LogP contribution in [0.2, 0.25) is 0 Å². The topological polar surface area (TPSA) is 41.9 Å². The van der Waals surface area contributed by atoms with Crippen LogP contribution in [-0.4, -0.2) is 43.4 Å². The first-order valence-electron chi connectivity index (χ1n) is 7.55. The molecule has 0 heterocycles. The zero-order valence-corrected chi connectivity index (χ0v) is 16.9. The summed E-state index contributed by atoms with van der Waals surface area (Å²) in [5.41, 5.74) is 1.07. The highest BCUT2D eigenvalue weighted by molar-refractivity contribution is 9.10. The molecule has 2 aromatic rings. The zero-order chi connectivity index (χ0) is 17.5. The average molecular weight is 459 g/mol. The van der Waals surface area contributed by atoms with Crippen molar-refractivity contribution in [3.8, 4) is 11.5 Å². The maximum absolute atomic E-state index is 10.2. The molecule has 0 bridgehead atoms. The largest absolute Gasteiger partial charge is 0.496 e. The third-order valence-corrected chi connectivity index (χ3v) is 4.48. The molecule has 1 atom stereocenters. The summed E-state index contributed by atoms with van der Waals surface area (Å²) in [6, 6.07) is 13.5. The fourth-order valence-corrected chi connectivity index (χ4v) is 3.03. The highest BCUT2D eigenvalue weighted by Crippen LogP contribution is 2.24. The molecule has 0 aliphatic rings. The van der Waals surface area contributed by atoms with Gasteiger partial charge < -0.3 is 14.6 Å². The molecule has 0 aromatic heterocycles. The minimum absolute atomic E-state index is 0.252. The van der Waals surface area contributed by atoms with Crippen LogP contribution in [0, 0.1) is 0 Å². The van der Waals surface area contributed by atoms with E-state index >= 15 is 0 Å². The lowest BCUT2D eigenvalue weighted by atomic mass is 10.2. The minimum Gasteiger partial charge on any atom is -0.496 e. The summed E-state index contributed by atoms with van der Waals surface area (Å²) >= 11 is 6.86. The third kappa shape index (κ3) is 6.09. The van der Waals surface area contributed by atoms with Crippen molar-refractivity contribution >= 4 is 31.9 Å². The first-order chi connectivity index (χ1) is 11.5. The van der Waals surface area contributed by atoms with Gasteiger partial charge in [0.1, 0.15) is 24.2 Å². The molecule has 0 fully saturated rings. The summed E-state index contributed by atoms with van der Waals surface area (Å²) in [7, 11) is 3.62. The fourth-order valence-electron chi connectivity index (χ4n) is 2.36. The highest BCUT2D eigenvalue weighted by Gasteiger charge is 2.12. The Balaban J connectivity index is 1.84. The van der Waals surface area contributed by atoms with Crippen LogP contribution >= 0.6 is 31.9 Å². The number of hydrogen-bond acceptors (Lipinski definition) is 4. The molecule has 0 saturated heterocycles. The molecule has 6 heteroatoms. The third-order valence-electron chi connectivity index (χ3n) is 3.46. The van der Waals surface area contributed by atoms with E-state index in [9.17, 15) is 5.11 Å². The lowest BCUT2D eigenvalue weighted by Crippen LogP contribution is -2.32. The maximum atomic E-state index is 10.2. The SMILES string of the molecule is COc1ccc(Br)cc1CN(C)C[C@@H](O)COc1ccc(Br)cc1. The van der Waals surface area contributed by atoms with Crippen molar-refractivity contribution < 1.29 is 14.6 Å². The second-order valence-electron chi connectivity index (χ2n) is 5.57. The van der Waals surface area contributed by atoms with Gasteiger partial charge in [0.05, 0.1) is 7.11 Å². The number of benzene rings is 2. The van der Waals surface area contributed by atoms with Crippen molar-refractivity contribution in [1.29, 1.82) is 0 Å². The molecule has 2 aromatic carbocycles. The molecule has 0 aliphatic heterocycles. The number of hydrogen-bond donors (Lipinski definition) is 1. The predicted molar refractivity (Wildman–Crippen MR) is 103 cm³/mol. The van der Waals surface area contributed by atoms with Crippen molar-refractivity contribution in [2.75, 3.05) is 27.3 Å². The molecule has 0 spiro atoms. The Morgan fingerprint density at radius 1 is 1.08 bits per heavy atom. The van der Waals surface area contributed by atoms with Gasteiger partial charge in [0, 0.05) is 27.6 Å². The van der Waals surface area contributed by atoms with Gasteiger partial charge in [0.2, 0.25) is 0 Å². The van der Waals surface area contributed by atoms with E-state index in [1.54, 1.807) is 7.11 Å². The molecule has 24 heavy (non-hydrogen) atoms. The Morgan fingerprint density at radius 3 is 2.42 bits per heavy atom. The van der Waals surface area contributed by atoms with Gasteiger partial charge in [0.15, 0.2) is 0 Å². The van der Waals surface area contributed by atoms with Crippen LogP contribution in [0.15, 0.2) is 51.4 Å². The summed E-state index contributed by atoms with van der Waals surface area (Å²) in [6.45, 7) is 1.44. The number of rotatable bonds is 8. The Kier molecular flexibility index (Phi) is 7.55. The Labute approximate surface area is 159 Å². The molecular weight excluding hydrogens is 438 g/mol. The summed E-state index contributed by atoms with van der Waals surface area (Å²) in [6.07, 6.45) is -0.572. The lowest BCUT2D eigenvalue weighted by Gasteiger charge is -2.22. The van der Waals surface area contributed by atoms with E-state index in [1.807, 2.05) is 54.4 Å². The van der Waals surface area contributed by atoms with Gasteiger partial charge >= 0.3 is 0 Å². The van der Waals surface area contributed by atoms with E-state index in [-0.39, 0.29) is 6.61 Å². The number of nitrogens with zero attached hydrogens (tertiary/aromatic N) is 1. The van der Waals surface area contributed by atoms with E-state index in [4.69, 9.17) is 9.47 Å². The number of aliphatic hydroxyl groups excluding tert-OH is 1. The van der Waals surface area contributed by atoms with Crippen molar-refractivity contribution in [2.24, 2.45) is 0 Å². The smallest absolute Gasteiger partial charge is 0.123 e. The van der Waals surface area contributed by atoms with Crippen molar-refractivity contribution in [1.82, 2.24) is 4.90 Å². The standard InChI is InChI=1S/C18H21Br2NO3/c1-21(10-13-9-15(20)5-8-18(13)23-2)11-16(22)12-24-17-6-3-14(19)4-7-17/h3-9,16,22H,10-12H2,1-2H3/t16-/m1/s1. The van der Waals surface area contributed by atoms with Gasteiger partial charge in [-0.15, -0.1) is 0 Å². The van der Waals surface area contributed by atoms with E-state index in [2.05, 4.69) is 31.9 Å². The second kappa shape index (κ2) is 9.42. The van der Waals surface area contributed by atoms with E-state index < -0.39 is 6.10 Å². The molecule has 1 N–H and O–H groups in total. The van der Waals surface area contributed by atoms with Crippen LogP contribution < -0.4 is 9.47 Å². The fraction of sp³-hybridized carbons (Fsp3) is 0.333. The Hall–Kier alpha value is -1.08. The van der Waals surface area contributed by atoms with Gasteiger partial charge in [-0.25, -0.2) is 0 Å². The number of likely N-dealkylation sites (N-methyl/N-ethyl adjacent to an activating group) is 1. The number of ether oxygens (including phenoxy) is 2. The van der Waals surface area contributed by atoms with E-state index in [0.29, 0.717) is 13.1 Å². The summed E-state index contributed by atoms with van der Waals surface area (Å²) in [4.78, 5) is 2.04. The number of halogens is 2. The summed E-state index contributed by atoms with van der Waals surface area (Å²) < 4.78 is 13.0. The Bertz CT molecular complexity index is 649. The lowest BCUT2D eigenvalue weighted by molar-refractivity contribution is 0.0741. The second-order valence-corrected chi connectivity index (χ2v) is 7.40. The molecular formula is C18H21Br2NO3. The van der Waals surface area contributed by atoms with Crippen molar-refractivity contribution in [2.45, 2.75) is 12.6 Å². The summed E-state index contributed by atoms with van der Waals surface area (Å²) in [5, 5.41) is 10.2. The van der Waals surface area contributed by atoms with Crippen LogP contribution in [0.25, 0.3) is 0 Å². The molecule has 0 aliphatic carbocycles. The van der Waals surface area contributed by atoms with Gasteiger partial charge in [-0.2, -0.15) is 0 Å². The van der Waals surface area contributed by atoms with Gasteiger partial charge in [-0.1, -0.05) is 31.9 Å². The molecule has 4 nitrogen and oxygen atoms in total. The monoisotopic (exact) mass is 457 g/mol. The highest BCUT2D eigenvalue weighted by atomic mass is 79.9. The Morgan fingerprint density at radius 2 is 1.75 bits per heavy atom. The molecule has 130 valence electrons. The molecule has 0 unspecified atom stereocenters. The average Bonchev–Trinajstić information content (AvgIpc) is 2.54. The van der Waals surface area contributed by atoms with Crippen LogP contribution in [0.3, 0.4) is 0 Å². The molecule has 2 rings (SSSR count). The van der Waals surface area contributed by atoms with Gasteiger partial charge in [-0.3, -0.25) is 4.90 Å². The number of aliphatic hydroxyl groups is 1. The van der Waals surface area contributed by atoms with Crippen LogP contribution in [-0.2, 0) is 6.54 Å². The van der Waals surface area contributed by atoms with Crippen LogP contribution in [0.1, 0.15) is 5.56 Å². The molecule has 0 radical (unpaired) electrons.